The van der Waals surface area contributed by atoms with Crippen LogP contribution in [-0.2, 0) is 24.6 Å². The van der Waals surface area contributed by atoms with Gasteiger partial charge in [-0.15, -0.1) is 0 Å². The first-order valence-corrected chi connectivity index (χ1v) is 17.6. The summed E-state index contributed by atoms with van der Waals surface area (Å²) in [7, 11) is 0. The van der Waals surface area contributed by atoms with Crippen LogP contribution in [0.4, 0.5) is 11.4 Å². The molecule has 2 saturated heterocycles. The maximum atomic E-state index is 15.2. The predicted molar refractivity (Wildman–Crippen MR) is 193 cm³/mol. The lowest BCUT2D eigenvalue weighted by molar-refractivity contribution is -0.138. The summed E-state index contributed by atoms with van der Waals surface area (Å²) in [6.07, 6.45) is 2.63. The van der Waals surface area contributed by atoms with Crippen molar-refractivity contribution in [1.29, 1.82) is 0 Å². The molecule has 4 aromatic carbocycles. The zero-order valence-corrected chi connectivity index (χ0v) is 29.1. The molecule has 8 rings (SSSR count). The number of anilines is 2. The van der Waals surface area contributed by atoms with Crippen LogP contribution < -0.4 is 10.3 Å². The molecule has 8 nitrogen and oxygen atoms in total. The number of phenols is 1. The Morgan fingerprint density at radius 1 is 0.816 bits per heavy atom. The molecule has 2 heterocycles. The lowest BCUT2D eigenvalue weighted by Crippen LogP contribution is -2.53. The third-order valence-electron chi connectivity index (χ3n) is 11.0. The maximum absolute atomic E-state index is 15.2. The number of hydrogen-bond donors (Lipinski definition) is 2. The standard InChI is InChI=1S/C40H34IN3O5/c1-22-8-13-27(14-9-22)42-44-37(47)32-21-31-29(17-18-30-34(31)38(48)43(36(30)46)28-15-11-26(41)12-16-28)35(24-10-19-33(45)23(2)20-24)40(32,39(44)49)25-6-4-3-5-7-25/h3-17,19-20,30-32,34-35,42,45H,18,21H2,1-2H3/t30-,31+,32-,34-,35-,40+/m0/s1. The van der Waals surface area contributed by atoms with Crippen LogP contribution in [0.3, 0.4) is 0 Å². The number of aromatic hydroxyl groups is 1. The summed E-state index contributed by atoms with van der Waals surface area (Å²) in [6, 6.07) is 29.6. The highest BCUT2D eigenvalue weighted by atomic mass is 127. The Kier molecular flexibility index (Phi) is 7.51. The van der Waals surface area contributed by atoms with E-state index in [-0.39, 0.29) is 35.8 Å². The Balaban J connectivity index is 1.32. The second-order valence-electron chi connectivity index (χ2n) is 13.6. The number of aryl methyl sites for hydroxylation is 2. The molecule has 0 spiro atoms. The van der Waals surface area contributed by atoms with Crippen molar-refractivity contribution in [3.63, 3.8) is 0 Å². The van der Waals surface area contributed by atoms with E-state index in [2.05, 4.69) is 34.1 Å². The summed E-state index contributed by atoms with van der Waals surface area (Å²) in [5.74, 6) is -4.31. The summed E-state index contributed by atoms with van der Waals surface area (Å²) >= 11 is 2.19. The number of nitrogens with one attached hydrogen (secondary N) is 1. The number of imide groups is 2. The van der Waals surface area contributed by atoms with Crippen molar-refractivity contribution in [2.75, 3.05) is 10.3 Å². The fourth-order valence-corrected chi connectivity index (χ4v) is 9.18. The number of phenolic OH excluding ortho intramolecular Hbond substituents is 1. The molecule has 2 aliphatic carbocycles. The Hall–Kier alpha value is -4.77. The summed E-state index contributed by atoms with van der Waals surface area (Å²) < 4.78 is 0.992. The molecule has 4 aromatic rings. The van der Waals surface area contributed by atoms with Gasteiger partial charge in [0, 0.05) is 9.49 Å². The van der Waals surface area contributed by atoms with Crippen LogP contribution in [0, 0.1) is 41.1 Å². The van der Waals surface area contributed by atoms with Gasteiger partial charge in [0.05, 0.1) is 34.5 Å². The molecule has 9 heteroatoms. The third-order valence-corrected chi connectivity index (χ3v) is 11.8. The van der Waals surface area contributed by atoms with Gasteiger partial charge in [0.1, 0.15) is 5.75 Å². The van der Waals surface area contributed by atoms with E-state index in [1.807, 2.05) is 92.7 Å². The number of carbonyl (C=O) groups excluding carboxylic acids is 4. The van der Waals surface area contributed by atoms with Gasteiger partial charge in [0.25, 0.3) is 11.8 Å². The summed E-state index contributed by atoms with van der Waals surface area (Å²) in [4.78, 5) is 59.6. The molecular weight excluding hydrogens is 729 g/mol. The Bertz CT molecular complexity index is 2060. The molecule has 2 aliphatic heterocycles. The molecular formula is C40H34IN3O5. The van der Waals surface area contributed by atoms with Crippen molar-refractivity contribution in [2.45, 2.75) is 38.0 Å². The minimum Gasteiger partial charge on any atom is -0.508 e. The fourth-order valence-electron chi connectivity index (χ4n) is 8.83. The van der Waals surface area contributed by atoms with E-state index in [0.29, 0.717) is 28.9 Å². The average molecular weight is 764 g/mol. The molecule has 1 saturated carbocycles. The number of allylic oxidation sites excluding steroid dienone is 2. The first-order chi connectivity index (χ1) is 23.6. The van der Waals surface area contributed by atoms with E-state index >= 15 is 4.79 Å². The lowest BCUT2D eigenvalue weighted by atomic mass is 9.49. The molecule has 0 unspecified atom stereocenters. The van der Waals surface area contributed by atoms with E-state index in [4.69, 9.17) is 0 Å². The quantitative estimate of drug-likeness (QED) is 0.132. The van der Waals surface area contributed by atoms with Gasteiger partial charge < -0.3 is 5.11 Å². The minimum atomic E-state index is -1.35. The topological polar surface area (TPSA) is 107 Å². The number of nitrogens with zero attached hydrogens (tertiary/aromatic N) is 2. The Morgan fingerprint density at radius 3 is 2.22 bits per heavy atom. The van der Waals surface area contributed by atoms with Crippen LogP contribution >= 0.6 is 22.6 Å². The number of hydrogen-bond acceptors (Lipinski definition) is 6. The van der Waals surface area contributed by atoms with Crippen LogP contribution in [0.15, 0.2) is 109 Å². The molecule has 0 aromatic heterocycles. The van der Waals surface area contributed by atoms with Crippen molar-refractivity contribution in [3.8, 4) is 5.75 Å². The van der Waals surface area contributed by atoms with Crippen LogP contribution in [-0.4, -0.2) is 33.7 Å². The number of benzene rings is 4. The molecule has 4 amide bonds. The largest absolute Gasteiger partial charge is 0.508 e. The summed E-state index contributed by atoms with van der Waals surface area (Å²) in [6.45, 7) is 3.78. The van der Waals surface area contributed by atoms with Gasteiger partial charge in [0.2, 0.25) is 11.8 Å². The van der Waals surface area contributed by atoms with Gasteiger partial charge in [-0.2, -0.15) is 5.01 Å². The maximum Gasteiger partial charge on any atom is 0.260 e. The van der Waals surface area contributed by atoms with Gasteiger partial charge in [-0.1, -0.05) is 71.8 Å². The number of hydrazine groups is 1. The van der Waals surface area contributed by atoms with Crippen LogP contribution in [0.25, 0.3) is 0 Å². The Morgan fingerprint density at radius 2 is 1.53 bits per heavy atom. The molecule has 4 aliphatic rings. The Labute approximate surface area is 297 Å². The predicted octanol–water partition coefficient (Wildman–Crippen LogP) is 6.80. The zero-order valence-electron chi connectivity index (χ0n) is 27.0. The second-order valence-corrected chi connectivity index (χ2v) is 14.9. The summed E-state index contributed by atoms with van der Waals surface area (Å²) in [5, 5.41) is 11.7. The molecule has 0 bridgehead atoms. The van der Waals surface area contributed by atoms with E-state index < -0.39 is 35.0 Å². The van der Waals surface area contributed by atoms with Crippen LogP contribution in [0.2, 0.25) is 0 Å². The highest BCUT2D eigenvalue weighted by Crippen LogP contribution is 2.64. The molecule has 2 N–H and O–H groups in total. The number of carbonyl (C=O) groups is 4. The molecule has 6 atom stereocenters. The number of amides is 4. The number of halogens is 1. The molecule has 49 heavy (non-hydrogen) atoms. The van der Waals surface area contributed by atoms with Crippen molar-refractivity contribution in [1.82, 2.24) is 5.01 Å². The first kappa shape index (κ1) is 31.5. The van der Waals surface area contributed by atoms with Gasteiger partial charge in [-0.05, 0) is 114 Å². The van der Waals surface area contributed by atoms with Crippen molar-refractivity contribution in [3.05, 3.63) is 135 Å². The van der Waals surface area contributed by atoms with E-state index in [0.717, 1.165) is 25.3 Å². The highest BCUT2D eigenvalue weighted by molar-refractivity contribution is 14.1. The highest BCUT2D eigenvalue weighted by Gasteiger charge is 2.70. The number of rotatable bonds is 5. The monoisotopic (exact) mass is 763 g/mol. The zero-order chi connectivity index (χ0) is 34.2. The lowest BCUT2D eigenvalue weighted by Gasteiger charge is -2.50. The number of fused-ring (bicyclic) bond motifs is 4. The molecule has 0 radical (unpaired) electrons. The van der Waals surface area contributed by atoms with E-state index in [1.165, 1.54) is 4.90 Å². The van der Waals surface area contributed by atoms with Crippen LogP contribution in [0.5, 0.6) is 5.75 Å². The third kappa shape index (κ3) is 4.69. The SMILES string of the molecule is Cc1ccc(NN2C(=O)[C@@H]3C[C@@H]4C(=CC[C@@H]5C(=O)N(c6ccc(I)cc6)C(=O)[C@@H]54)[C@H](c4ccc(O)c(C)c4)[C@]3(c3ccccc3)C2=O)cc1. The van der Waals surface area contributed by atoms with Crippen molar-refractivity contribution in [2.24, 2.45) is 23.7 Å². The van der Waals surface area contributed by atoms with Gasteiger partial charge in [-0.25, -0.2) is 0 Å². The molecule has 246 valence electrons. The normalized spacial score (nSPS) is 27.5. The molecule has 3 fully saturated rings. The van der Waals surface area contributed by atoms with E-state index in [1.54, 1.807) is 18.2 Å². The van der Waals surface area contributed by atoms with E-state index in [9.17, 15) is 19.5 Å². The van der Waals surface area contributed by atoms with Gasteiger partial charge >= 0.3 is 0 Å². The van der Waals surface area contributed by atoms with Crippen LogP contribution in [0.1, 0.15) is 41.0 Å². The smallest absolute Gasteiger partial charge is 0.260 e. The van der Waals surface area contributed by atoms with Crippen molar-refractivity contribution >= 4 is 57.6 Å². The second kappa shape index (κ2) is 11.7. The van der Waals surface area contributed by atoms with Gasteiger partial charge in [-0.3, -0.25) is 29.5 Å². The fraction of sp³-hybridized carbons (Fsp3) is 0.250. The van der Waals surface area contributed by atoms with Gasteiger partial charge in [0.15, 0.2) is 0 Å². The van der Waals surface area contributed by atoms with Crippen molar-refractivity contribution < 1.29 is 24.3 Å². The average Bonchev–Trinajstić information content (AvgIpc) is 3.48. The summed E-state index contributed by atoms with van der Waals surface area (Å²) in [5.41, 5.74) is 6.96. The first-order valence-electron chi connectivity index (χ1n) is 16.5. The minimum absolute atomic E-state index is 0.125.